The van der Waals surface area contributed by atoms with Crippen LogP contribution >= 0.6 is 0 Å². The topological polar surface area (TPSA) is 88.7 Å². The summed E-state index contributed by atoms with van der Waals surface area (Å²) < 4.78 is 10.8. The van der Waals surface area contributed by atoms with E-state index in [1.165, 1.54) is 0 Å². The zero-order valence-corrected chi connectivity index (χ0v) is 18.6. The van der Waals surface area contributed by atoms with Gasteiger partial charge in [0.2, 0.25) is 0 Å². The van der Waals surface area contributed by atoms with Crippen molar-refractivity contribution in [1.29, 1.82) is 0 Å². The van der Waals surface area contributed by atoms with Crippen molar-refractivity contribution in [2.45, 2.75) is 52.7 Å². The van der Waals surface area contributed by atoms with Gasteiger partial charge >= 0.3 is 5.97 Å². The zero-order valence-electron chi connectivity index (χ0n) is 18.6. The van der Waals surface area contributed by atoms with Crippen LogP contribution < -0.4 is 0 Å². The van der Waals surface area contributed by atoms with Gasteiger partial charge in [0.1, 0.15) is 5.69 Å². The number of nitrogens with one attached hydrogen (secondary N) is 1. The van der Waals surface area contributed by atoms with E-state index >= 15 is 0 Å². The van der Waals surface area contributed by atoms with Gasteiger partial charge < -0.3 is 19.4 Å². The van der Waals surface area contributed by atoms with Crippen molar-refractivity contribution in [3.05, 3.63) is 58.4 Å². The lowest BCUT2D eigenvalue weighted by molar-refractivity contribution is 0.0410. The fourth-order valence-electron chi connectivity index (χ4n) is 4.05. The van der Waals surface area contributed by atoms with Gasteiger partial charge in [0.15, 0.2) is 5.78 Å². The molecule has 0 saturated carbocycles. The molecule has 1 amide bonds. The predicted molar refractivity (Wildman–Crippen MR) is 116 cm³/mol. The third-order valence-corrected chi connectivity index (χ3v) is 5.72. The minimum absolute atomic E-state index is 0.0913. The molecule has 2 unspecified atom stereocenters. The molecule has 166 valence electrons. The van der Waals surface area contributed by atoms with Crippen molar-refractivity contribution in [3.8, 4) is 0 Å². The number of ether oxygens (including phenoxy) is 2. The fraction of sp³-hybridized carbons (Fsp3) is 0.458. The minimum atomic E-state index is -0.722. The Hall–Kier alpha value is -2.93. The van der Waals surface area contributed by atoms with E-state index in [0.717, 1.165) is 12.8 Å². The molecule has 7 heteroatoms. The van der Waals surface area contributed by atoms with Gasteiger partial charge in [0.05, 0.1) is 18.8 Å². The van der Waals surface area contributed by atoms with Crippen LogP contribution in [0.25, 0.3) is 0 Å². The number of carbonyl (C=O) groups is 3. The Labute approximate surface area is 182 Å². The Balaban J connectivity index is 1.91. The molecule has 0 aliphatic carbocycles. The predicted octanol–water partition coefficient (Wildman–Crippen LogP) is 3.70. The second-order valence-electron chi connectivity index (χ2n) is 7.84. The van der Waals surface area contributed by atoms with Crippen LogP contribution in [-0.2, 0) is 9.47 Å². The van der Waals surface area contributed by atoms with Crippen LogP contribution in [0.15, 0.2) is 30.3 Å². The number of nitrogens with zero attached hydrogens (tertiary/aromatic N) is 1. The Morgan fingerprint density at radius 2 is 1.94 bits per heavy atom. The third-order valence-electron chi connectivity index (χ3n) is 5.72. The van der Waals surface area contributed by atoms with Crippen LogP contribution in [0.3, 0.4) is 0 Å². The molecule has 0 radical (unpaired) electrons. The Morgan fingerprint density at radius 1 is 1.23 bits per heavy atom. The smallest absolute Gasteiger partial charge is 0.355 e. The standard InChI is InChI=1S/C24H30N2O5/c1-5-30-24(29)21-15(2)20(16(3)25-21)22(27)17(4)26(14-19-12-9-13-31-19)23(28)18-10-7-6-8-11-18/h6-8,10-11,17,19,25H,5,9,12-14H2,1-4H3. The molecule has 1 aromatic carbocycles. The molecule has 2 atom stereocenters. The lowest BCUT2D eigenvalue weighted by atomic mass is 9.98. The quantitative estimate of drug-likeness (QED) is 0.514. The SMILES string of the molecule is CCOC(=O)c1[nH]c(C)c(C(=O)C(C)N(CC2CCCO2)C(=O)c2ccccc2)c1C. The summed E-state index contributed by atoms with van der Waals surface area (Å²) in [5.41, 5.74) is 2.34. The molecule has 1 fully saturated rings. The van der Waals surface area contributed by atoms with Crippen LogP contribution in [0, 0.1) is 13.8 Å². The molecule has 3 rings (SSSR count). The molecule has 1 aliphatic heterocycles. The maximum Gasteiger partial charge on any atom is 0.355 e. The monoisotopic (exact) mass is 426 g/mol. The van der Waals surface area contributed by atoms with Gasteiger partial charge in [-0.05, 0) is 58.2 Å². The molecule has 0 spiro atoms. The average Bonchev–Trinajstić information content (AvgIpc) is 3.38. The summed E-state index contributed by atoms with van der Waals surface area (Å²) >= 11 is 0. The number of hydrogen-bond acceptors (Lipinski definition) is 5. The van der Waals surface area contributed by atoms with E-state index in [9.17, 15) is 14.4 Å². The minimum Gasteiger partial charge on any atom is -0.461 e. The molecular weight excluding hydrogens is 396 g/mol. The van der Waals surface area contributed by atoms with Gasteiger partial charge in [-0.3, -0.25) is 9.59 Å². The van der Waals surface area contributed by atoms with Gasteiger partial charge in [0, 0.05) is 30.0 Å². The van der Waals surface area contributed by atoms with Crippen LogP contribution in [0.1, 0.15) is 69.2 Å². The fourth-order valence-corrected chi connectivity index (χ4v) is 4.05. The Morgan fingerprint density at radius 3 is 2.55 bits per heavy atom. The van der Waals surface area contributed by atoms with Crippen molar-refractivity contribution in [1.82, 2.24) is 9.88 Å². The average molecular weight is 427 g/mol. The molecule has 31 heavy (non-hydrogen) atoms. The number of H-pyrrole nitrogens is 1. The highest BCUT2D eigenvalue weighted by molar-refractivity contribution is 6.07. The number of Topliss-reactive ketones (excluding diaryl/α,β-unsaturated/α-hetero) is 1. The first-order chi connectivity index (χ1) is 14.8. The number of rotatable bonds is 8. The number of ketones is 1. The van der Waals surface area contributed by atoms with E-state index in [4.69, 9.17) is 9.47 Å². The maximum atomic E-state index is 13.5. The lowest BCUT2D eigenvalue weighted by Gasteiger charge is -2.31. The zero-order chi connectivity index (χ0) is 22.5. The van der Waals surface area contributed by atoms with Crippen LogP contribution in [-0.4, -0.2) is 59.4 Å². The molecular formula is C24H30N2O5. The molecule has 2 aromatic rings. The number of hydrogen-bond donors (Lipinski definition) is 1. The van der Waals surface area contributed by atoms with E-state index in [1.807, 2.05) is 6.07 Å². The van der Waals surface area contributed by atoms with E-state index in [-0.39, 0.29) is 30.1 Å². The normalized spacial score (nSPS) is 16.7. The lowest BCUT2D eigenvalue weighted by Crippen LogP contribution is -2.47. The van der Waals surface area contributed by atoms with E-state index in [1.54, 1.807) is 56.9 Å². The van der Waals surface area contributed by atoms with Crippen LogP contribution in [0.5, 0.6) is 0 Å². The highest BCUT2D eigenvalue weighted by Crippen LogP contribution is 2.24. The second-order valence-corrected chi connectivity index (χ2v) is 7.84. The van der Waals surface area contributed by atoms with Gasteiger partial charge in [-0.15, -0.1) is 0 Å². The third kappa shape index (κ3) is 4.88. The summed E-state index contributed by atoms with van der Waals surface area (Å²) in [6, 6.07) is 8.22. The summed E-state index contributed by atoms with van der Waals surface area (Å²) in [4.78, 5) is 43.6. The molecule has 1 saturated heterocycles. The first-order valence-corrected chi connectivity index (χ1v) is 10.7. The van der Waals surface area contributed by atoms with E-state index in [0.29, 0.717) is 35.5 Å². The van der Waals surface area contributed by atoms with Gasteiger partial charge in [-0.2, -0.15) is 0 Å². The van der Waals surface area contributed by atoms with Crippen molar-refractivity contribution >= 4 is 17.7 Å². The van der Waals surface area contributed by atoms with Gasteiger partial charge in [-0.1, -0.05) is 18.2 Å². The molecule has 1 N–H and O–H groups in total. The molecule has 2 heterocycles. The molecule has 7 nitrogen and oxygen atoms in total. The summed E-state index contributed by atoms with van der Waals surface area (Å²) in [6.45, 7) is 8.19. The van der Waals surface area contributed by atoms with Gasteiger partial charge in [-0.25, -0.2) is 4.79 Å². The first-order valence-electron chi connectivity index (χ1n) is 10.7. The highest BCUT2D eigenvalue weighted by Gasteiger charge is 2.33. The highest BCUT2D eigenvalue weighted by atomic mass is 16.5. The van der Waals surface area contributed by atoms with Crippen LogP contribution in [0.2, 0.25) is 0 Å². The molecule has 1 aliphatic rings. The number of carbonyl (C=O) groups excluding carboxylic acids is 3. The van der Waals surface area contributed by atoms with Gasteiger partial charge in [0.25, 0.3) is 5.91 Å². The summed E-state index contributed by atoms with van der Waals surface area (Å²) in [5, 5.41) is 0. The van der Waals surface area contributed by atoms with Crippen molar-refractivity contribution in [2.75, 3.05) is 19.8 Å². The number of benzene rings is 1. The summed E-state index contributed by atoms with van der Waals surface area (Å²) in [5.74, 6) is -0.927. The second kappa shape index (κ2) is 9.92. The Bertz CT molecular complexity index is 944. The first kappa shape index (κ1) is 22.7. The number of aromatic nitrogens is 1. The summed E-state index contributed by atoms with van der Waals surface area (Å²) in [7, 11) is 0. The number of aryl methyl sites for hydroxylation is 1. The Kier molecular flexibility index (Phi) is 7.28. The number of amides is 1. The maximum absolute atomic E-state index is 13.5. The number of esters is 1. The largest absolute Gasteiger partial charge is 0.461 e. The van der Waals surface area contributed by atoms with Crippen LogP contribution in [0.4, 0.5) is 0 Å². The van der Waals surface area contributed by atoms with Crippen molar-refractivity contribution in [2.24, 2.45) is 0 Å². The molecule has 0 bridgehead atoms. The van der Waals surface area contributed by atoms with E-state index in [2.05, 4.69) is 4.98 Å². The number of aromatic amines is 1. The van der Waals surface area contributed by atoms with Crippen molar-refractivity contribution in [3.63, 3.8) is 0 Å². The van der Waals surface area contributed by atoms with E-state index < -0.39 is 12.0 Å². The van der Waals surface area contributed by atoms with Crippen molar-refractivity contribution < 1.29 is 23.9 Å². The summed E-state index contributed by atoms with van der Waals surface area (Å²) in [6.07, 6.45) is 1.71. The molecule has 1 aromatic heterocycles.